The molecule has 0 atom stereocenters. The van der Waals surface area contributed by atoms with Gasteiger partial charge in [0.05, 0.1) is 18.2 Å². The number of hydrogen-bond donors (Lipinski definition) is 0. The Morgan fingerprint density at radius 3 is 1.93 bits per heavy atom. The third kappa shape index (κ3) is 4.06. The fourth-order valence-corrected chi connectivity index (χ4v) is 2.58. The molecule has 0 spiro atoms. The van der Waals surface area contributed by atoms with Gasteiger partial charge in [0.1, 0.15) is 5.82 Å². The number of esters is 2. The molecular formula is C22H16F2O4. The average molecular weight is 382 g/mol. The van der Waals surface area contributed by atoms with Crippen LogP contribution in [-0.4, -0.2) is 19.0 Å². The molecule has 6 heteroatoms. The molecule has 0 aliphatic carbocycles. The SMILES string of the molecule is COC(=O)c1cc(F)c(OC(=O)c2ccc(-c3ccc(C)cc3)cc2)cc1F. The number of methoxy groups -OCH3 is 1. The Balaban J connectivity index is 1.79. The molecule has 0 aliphatic rings. The Labute approximate surface area is 160 Å². The molecule has 0 N–H and O–H groups in total. The van der Waals surface area contributed by atoms with Crippen molar-refractivity contribution in [3.05, 3.63) is 89.0 Å². The second-order valence-corrected chi connectivity index (χ2v) is 6.09. The van der Waals surface area contributed by atoms with E-state index < -0.39 is 34.9 Å². The summed E-state index contributed by atoms with van der Waals surface area (Å²) in [6.45, 7) is 1.99. The number of hydrogen-bond acceptors (Lipinski definition) is 4. The molecule has 0 amide bonds. The largest absolute Gasteiger partial charge is 0.465 e. The van der Waals surface area contributed by atoms with Crippen molar-refractivity contribution in [1.29, 1.82) is 0 Å². The Kier molecular flexibility index (Phi) is 5.49. The molecule has 0 saturated heterocycles. The average Bonchev–Trinajstić information content (AvgIpc) is 2.70. The molecule has 3 aromatic rings. The number of aryl methyl sites for hydroxylation is 1. The standard InChI is InChI=1S/C22H16F2O4/c1-13-3-5-14(6-4-13)15-7-9-16(10-8-15)21(25)28-20-12-18(23)17(11-19(20)24)22(26)27-2/h3-12H,1-2H3. The zero-order chi connectivity index (χ0) is 20.3. The van der Waals surface area contributed by atoms with Gasteiger partial charge in [-0.2, -0.15) is 0 Å². The van der Waals surface area contributed by atoms with E-state index in [2.05, 4.69) is 4.74 Å². The Morgan fingerprint density at radius 1 is 0.786 bits per heavy atom. The number of ether oxygens (including phenoxy) is 2. The Morgan fingerprint density at radius 2 is 1.36 bits per heavy atom. The first-order valence-corrected chi connectivity index (χ1v) is 8.35. The molecule has 0 fully saturated rings. The van der Waals surface area contributed by atoms with E-state index in [0.29, 0.717) is 12.1 Å². The van der Waals surface area contributed by atoms with E-state index in [4.69, 9.17) is 4.74 Å². The summed E-state index contributed by atoms with van der Waals surface area (Å²) in [4.78, 5) is 23.6. The van der Waals surface area contributed by atoms with Crippen LogP contribution in [0, 0.1) is 18.6 Å². The summed E-state index contributed by atoms with van der Waals surface area (Å²) in [5.41, 5.74) is 2.61. The van der Waals surface area contributed by atoms with Gasteiger partial charge in [0, 0.05) is 6.07 Å². The highest BCUT2D eigenvalue weighted by Gasteiger charge is 2.19. The second-order valence-electron chi connectivity index (χ2n) is 6.09. The van der Waals surface area contributed by atoms with Crippen molar-refractivity contribution in [3.63, 3.8) is 0 Å². The molecule has 28 heavy (non-hydrogen) atoms. The molecule has 0 heterocycles. The summed E-state index contributed by atoms with van der Waals surface area (Å²) in [6, 6.07) is 15.7. The van der Waals surface area contributed by atoms with E-state index in [1.807, 2.05) is 31.2 Å². The molecule has 0 bridgehead atoms. The van der Waals surface area contributed by atoms with Gasteiger partial charge in [0.15, 0.2) is 11.6 Å². The van der Waals surface area contributed by atoms with Crippen LogP contribution in [0.2, 0.25) is 0 Å². The first-order valence-electron chi connectivity index (χ1n) is 8.35. The Bertz CT molecular complexity index is 1030. The van der Waals surface area contributed by atoms with Gasteiger partial charge in [0.25, 0.3) is 0 Å². The van der Waals surface area contributed by atoms with Crippen LogP contribution in [-0.2, 0) is 4.74 Å². The van der Waals surface area contributed by atoms with Gasteiger partial charge in [-0.15, -0.1) is 0 Å². The van der Waals surface area contributed by atoms with E-state index in [1.165, 1.54) is 12.1 Å². The lowest BCUT2D eigenvalue weighted by Gasteiger charge is -2.09. The van der Waals surface area contributed by atoms with Crippen molar-refractivity contribution in [3.8, 4) is 16.9 Å². The van der Waals surface area contributed by atoms with Gasteiger partial charge in [-0.3, -0.25) is 0 Å². The maximum atomic E-state index is 14.1. The van der Waals surface area contributed by atoms with Crippen molar-refractivity contribution in [2.24, 2.45) is 0 Å². The molecule has 3 aromatic carbocycles. The maximum absolute atomic E-state index is 14.1. The van der Waals surface area contributed by atoms with E-state index in [9.17, 15) is 18.4 Å². The normalized spacial score (nSPS) is 10.4. The predicted molar refractivity (Wildman–Crippen MR) is 99.3 cm³/mol. The maximum Gasteiger partial charge on any atom is 0.343 e. The highest BCUT2D eigenvalue weighted by atomic mass is 19.1. The third-order valence-electron chi connectivity index (χ3n) is 4.14. The Hall–Kier alpha value is -3.54. The fraction of sp³-hybridized carbons (Fsp3) is 0.0909. The third-order valence-corrected chi connectivity index (χ3v) is 4.14. The predicted octanol–water partition coefficient (Wildman–Crippen LogP) is 4.95. The second kappa shape index (κ2) is 8.00. The first-order chi connectivity index (χ1) is 13.4. The van der Waals surface area contributed by atoms with E-state index in [0.717, 1.165) is 23.8 Å². The number of carbonyl (C=O) groups is 2. The minimum absolute atomic E-state index is 0.174. The number of carbonyl (C=O) groups excluding carboxylic acids is 2. The lowest BCUT2D eigenvalue weighted by Crippen LogP contribution is -2.11. The van der Waals surface area contributed by atoms with Gasteiger partial charge in [-0.25, -0.2) is 18.4 Å². The molecule has 0 radical (unpaired) electrons. The van der Waals surface area contributed by atoms with Gasteiger partial charge < -0.3 is 9.47 Å². The molecule has 4 nitrogen and oxygen atoms in total. The van der Waals surface area contributed by atoms with Crippen LogP contribution in [0.4, 0.5) is 8.78 Å². The van der Waals surface area contributed by atoms with E-state index in [-0.39, 0.29) is 5.56 Å². The van der Waals surface area contributed by atoms with Crippen molar-refractivity contribution in [1.82, 2.24) is 0 Å². The number of rotatable bonds is 4. The zero-order valence-electron chi connectivity index (χ0n) is 15.2. The van der Waals surface area contributed by atoms with Crippen molar-refractivity contribution in [2.45, 2.75) is 6.92 Å². The minimum atomic E-state index is -1.05. The van der Waals surface area contributed by atoms with E-state index in [1.54, 1.807) is 12.1 Å². The zero-order valence-corrected chi connectivity index (χ0v) is 15.2. The number of halogens is 2. The molecule has 0 aliphatic heterocycles. The number of benzene rings is 3. The van der Waals surface area contributed by atoms with Crippen LogP contribution in [0.25, 0.3) is 11.1 Å². The molecule has 0 aromatic heterocycles. The van der Waals surface area contributed by atoms with Crippen molar-refractivity contribution >= 4 is 11.9 Å². The van der Waals surface area contributed by atoms with Crippen LogP contribution < -0.4 is 4.74 Å². The van der Waals surface area contributed by atoms with Gasteiger partial charge in [0.2, 0.25) is 0 Å². The molecule has 142 valence electrons. The lowest BCUT2D eigenvalue weighted by atomic mass is 10.0. The van der Waals surface area contributed by atoms with Crippen LogP contribution >= 0.6 is 0 Å². The van der Waals surface area contributed by atoms with Crippen LogP contribution in [0.15, 0.2) is 60.7 Å². The molecule has 3 rings (SSSR count). The monoisotopic (exact) mass is 382 g/mol. The highest BCUT2D eigenvalue weighted by molar-refractivity contribution is 5.92. The summed E-state index contributed by atoms with van der Waals surface area (Å²) >= 11 is 0. The minimum Gasteiger partial charge on any atom is -0.465 e. The smallest absolute Gasteiger partial charge is 0.343 e. The van der Waals surface area contributed by atoms with Crippen LogP contribution in [0.3, 0.4) is 0 Å². The quantitative estimate of drug-likeness (QED) is 0.473. The topological polar surface area (TPSA) is 52.6 Å². The summed E-state index contributed by atoms with van der Waals surface area (Å²) in [5.74, 6) is -4.59. The first kappa shape index (κ1) is 19.2. The summed E-state index contributed by atoms with van der Waals surface area (Å²) < 4.78 is 37.3. The summed E-state index contributed by atoms with van der Waals surface area (Å²) in [7, 11) is 1.05. The summed E-state index contributed by atoms with van der Waals surface area (Å²) in [6.07, 6.45) is 0. The van der Waals surface area contributed by atoms with Gasteiger partial charge in [-0.05, 0) is 36.2 Å². The lowest BCUT2D eigenvalue weighted by molar-refractivity contribution is 0.0595. The molecule has 0 saturated carbocycles. The van der Waals surface area contributed by atoms with Crippen LogP contribution in [0.5, 0.6) is 5.75 Å². The molecular weight excluding hydrogens is 366 g/mol. The van der Waals surface area contributed by atoms with Gasteiger partial charge in [-0.1, -0.05) is 42.0 Å². The van der Waals surface area contributed by atoms with Crippen molar-refractivity contribution < 1.29 is 27.8 Å². The highest BCUT2D eigenvalue weighted by Crippen LogP contribution is 2.24. The van der Waals surface area contributed by atoms with Gasteiger partial charge >= 0.3 is 11.9 Å². The summed E-state index contributed by atoms with van der Waals surface area (Å²) in [5, 5.41) is 0. The van der Waals surface area contributed by atoms with Crippen LogP contribution in [0.1, 0.15) is 26.3 Å². The van der Waals surface area contributed by atoms with Crippen molar-refractivity contribution in [2.75, 3.05) is 7.11 Å². The molecule has 0 unspecified atom stereocenters. The fourth-order valence-electron chi connectivity index (χ4n) is 2.58. The van der Waals surface area contributed by atoms with E-state index >= 15 is 0 Å².